The quantitative estimate of drug-likeness (QED) is 0.877. The van der Waals surface area contributed by atoms with E-state index < -0.39 is 11.3 Å². The van der Waals surface area contributed by atoms with E-state index in [2.05, 4.69) is 0 Å². The summed E-state index contributed by atoms with van der Waals surface area (Å²) >= 11 is 0. The third kappa shape index (κ3) is 2.10. The summed E-state index contributed by atoms with van der Waals surface area (Å²) in [5.74, 6) is -0.411. The number of nitrogens with two attached hydrogens (primary N) is 1. The summed E-state index contributed by atoms with van der Waals surface area (Å²) in [6, 6.07) is 9.77. The second-order valence-electron chi connectivity index (χ2n) is 5.21. The highest BCUT2D eigenvalue weighted by Crippen LogP contribution is 2.35. The largest absolute Gasteiger partial charge is 0.369 e. The Morgan fingerprint density at radius 1 is 1.39 bits per heavy atom. The van der Waals surface area contributed by atoms with Crippen LogP contribution in [-0.4, -0.2) is 23.3 Å². The SMILES string of the molecule is C[C@H](c1ccccc1)N1C[C@](C)(C(N)=O)CC1=O. The zero-order valence-corrected chi connectivity index (χ0v) is 10.7. The summed E-state index contributed by atoms with van der Waals surface area (Å²) in [4.78, 5) is 25.2. The highest BCUT2D eigenvalue weighted by molar-refractivity contribution is 5.91. The number of nitrogens with zero attached hydrogens (tertiary/aromatic N) is 1. The van der Waals surface area contributed by atoms with Crippen LogP contribution in [0.25, 0.3) is 0 Å². The van der Waals surface area contributed by atoms with Gasteiger partial charge in [-0.15, -0.1) is 0 Å². The number of rotatable bonds is 3. The molecule has 2 atom stereocenters. The van der Waals surface area contributed by atoms with Gasteiger partial charge in [-0.1, -0.05) is 30.3 Å². The first-order valence-corrected chi connectivity index (χ1v) is 6.08. The Balaban J connectivity index is 2.21. The minimum Gasteiger partial charge on any atom is -0.369 e. The molecule has 0 aliphatic carbocycles. The third-order valence-electron chi connectivity index (χ3n) is 3.73. The van der Waals surface area contributed by atoms with Gasteiger partial charge in [0.1, 0.15) is 0 Å². The lowest BCUT2D eigenvalue weighted by Crippen LogP contribution is -2.37. The first-order valence-electron chi connectivity index (χ1n) is 6.08. The molecule has 18 heavy (non-hydrogen) atoms. The van der Waals surface area contributed by atoms with E-state index in [1.807, 2.05) is 37.3 Å². The van der Waals surface area contributed by atoms with E-state index in [1.165, 1.54) is 0 Å². The molecule has 0 radical (unpaired) electrons. The van der Waals surface area contributed by atoms with E-state index in [9.17, 15) is 9.59 Å². The number of amides is 2. The molecule has 0 aromatic heterocycles. The second kappa shape index (κ2) is 4.44. The molecule has 0 saturated carbocycles. The van der Waals surface area contributed by atoms with Crippen molar-refractivity contribution in [3.63, 3.8) is 0 Å². The fourth-order valence-corrected chi connectivity index (χ4v) is 2.38. The highest BCUT2D eigenvalue weighted by Gasteiger charge is 2.45. The average molecular weight is 246 g/mol. The average Bonchev–Trinajstić information content (AvgIpc) is 2.66. The number of hydrogen-bond acceptors (Lipinski definition) is 2. The van der Waals surface area contributed by atoms with E-state index in [0.717, 1.165) is 5.56 Å². The Morgan fingerprint density at radius 3 is 2.50 bits per heavy atom. The molecule has 2 rings (SSSR count). The highest BCUT2D eigenvalue weighted by atomic mass is 16.2. The summed E-state index contributed by atoms with van der Waals surface area (Å²) in [7, 11) is 0. The van der Waals surface area contributed by atoms with Gasteiger partial charge >= 0.3 is 0 Å². The van der Waals surface area contributed by atoms with E-state index in [4.69, 9.17) is 5.73 Å². The number of benzene rings is 1. The lowest BCUT2D eigenvalue weighted by atomic mass is 9.89. The fraction of sp³-hybridized carbons (Fsp3) is 0.429. The van der Waals surface area contributed by atoms with Crippen LogP contribution >= 0.6 is 0 Å². The van der Waals surface area contributed by atoms with Crippen LogP contribution < -0.4 is 5.73 Å². The van der Waals surface area contributed by atoms with Crippen molar-refractivity contribution in [3.8, 4) is 0 Å². The van der Waals surface area contributed by atoms with Crippen LogP contribution in [0.4, 0.5) is 0 Å². The molecule has 1 aromatic carbocycles. The normalized spacial score (nSPS) is 25.2. The molecule has 1 aliphatic rings. The molecule has 1 saturated heterocycles. The molecule has 4 heteroatoms. The molecule has 1 fully saturated rings. The maximum absolute atomic E-state index is 12.0. The number of likely N-dealkylation sites (tertiary alicyclic amines) is 1. The molecule has 2 N–H and O–H groups in total. The smallest absolute Gasteiger partial charge is 0.225 e. The third-order valence-corrected chi connectivity index (χ3v) is 3.73. The van der Waals surface area contributed by atoms with Gasteiger partial charge in [0.05, 0.1) is 11.5 Å². The van der Waals surface area contributed by atoms with Gasteiger partial charge in [0.25, 0.3) is 0 Å². The molecule has 96 valence electrons. The van der Waals surface area contributed by atoms with Crippen molar-refractivity contribution in [2.45, 2.75) is 26.3 Å². The monoisotopic (exact) mass is 246 g/mol. The van der Waals surface area contributed by atoms with Crippen molar-refractivity contribution in [2.75, 3.05) is 6.54 Å². The van der Waals surface area contributed by atoms with Crippen molar-refractivity contribution in [1.82, 2.24) is 4.90 Å². The molecule has 1 aliphatic heterocycles. The molecular weight excluding hydrogens is 228 g/mol. The van der Waals surface area contributed by atoms with Crippen LogP contribution in [0, 0.1) is 5.41 Å². The first kappa shape index (κ1) is 12.6. The van der Waals surface area contributed by atoms with Crippen LogP contribution in [0.5, 0.6) is 0 Å². The Kier molecular flexibility index (Phi) is 3.11. The molecule has 0 unspecified atom stereocenters. The number of hydrogen-bond donors (Lipinski definition) is 1. The number of carbonyl (C=O) groups is 2. The van der Waals surface area contributed by atoms with Crippen molar-refractivity contribution in [2.24, 2.45) is 11.1 Å². The molecule has 2 amide bonds. The van der Waals surface area contributed by atoms with Crippen LogP contribution in [0.3, 0.4) is 0 Å². The topological polar surface area (TPSA) is 63.4 Å². The minimum atomic E-state index is -0.736. The zero-order valence-electron chi connectivity index (χ0n) is 10.7. The summed E-state index contributed by atoms with van der Waals surface area (Å²) in [6.07, 6.45) is 0.208. The summed E-state index contributed by atoms with van der Waals surface area (Å²) in [5, 5.41) is 0. The van der Waals surface area contributed by atoms with E-state index in [1.54, 1.807) is 11.8 Å². The summed E-state index contributed by atoms with van der Waals surface area (Å²) in [6.45, 7) is 4.13. The molecule has 0 bridgehead atoms. The van der Waals surface area contributed by atoms with Gasteiger partial charge in [-0.3, -0.25) is 9.59 Å². The standard InChI is InChI=1S/C14H18N2O2/c1-10(11-6-4-3-5-7-11)16-9-14(2,13(15)18)8-12(16)17/h3-7,10H,8-9H2,1-2H3,(H2,15,18)/t10-,14-/m1/s1. The van der Waals surface area contributed by atoms with Crippen LogP contribution in [-0.2, 0) is 9.59 Å². The minimum absolute atomic E-state index is 0.00680. The van der Waals surface area contributed by atoms with E-state index >= 15 is 0 Å². The van der Waals surface area contributed by atoms with Crippen LogP contribution in [0.2, 0.25) is 0 Å². The van der Waals surface area contributed by atoms with Crippen molar-refractivity contribution in [1.29, 1.82) is 0 Å². The molecular formula is C14H18N2O2. The van der Waals surface area contributed by atoms with Gasteiger partial charge in [0.15, 0.2) is 0 Å². The Hall–Kier alpha value is -1.84. The van der Waals surface area contributed by atoms with Crippen molar-refractivity contribution >= 4 is 11.8 Å². The predicted molar refractivity (Wildman–Crippen MR) is 68.5 cm³/mol. The fourth-order valence-electron chi connectivity index (χ4n) is 2.38. The van der Waals surface area contributed by atoms with Crippen LogP contribution in [0.1, 0.15) is 31.9 Å². The van der Waals surface area contributed by atoms with Gasteiger partial charge in [0, 0.05) is 13.0 Å². The van der Waals surface area contributed by atoms with Gasteiger partial charge in [0.2, 0.25) is 11.8 Å². The Bertz CT molecular complexity index is 472. The van der Waals surface area contributed by atoms with E-state index in [0.29, 0.717) is 6.54 Å². The maximum Gasteiger partial charge on any atom is 0.225 e. The molecule has 1 aromatic rings. The van der Waals surface area contributed by atoms with E-state index in [-0.39, 0.29) is 18.4 Å². The molecule has 4 nitrogen and oxygen atoms in total. The summed E-state index contributed by atoms with van der Waals surface area (Å²) in [5.41, 5.74) is 5.71. The first-order chi connectivity index (χ1) is 8.44. The lowest BCUT2D eigenvalue weighted by Gasteiger charge is -2.27. The van der Waals surface area contributed by atoms with Gasteiger partial charge in [-0.2, -0.15) is 0 Å². The van der Waals surface area contributed by atoms with Gasteiger partial charge in [-0.25, -0.2) is 0 Å². The second-order valence-corrected chi connectivity index (χ2v) is 5.21. The zero-order chi connectivity index (χ0) is 13.3. The predicted octanol–water partition coefficient (Wildman–Crippen LogP) is 1.47. The van der Waals surface area contributed by atoms with Crippen molar-refractivity contribution < 1.29 is 9.59 Å². The van der Waals surface area contributed by atoms with Gasteiger partial charge in [-0.05, 0) is 19.4 Å². The van der Waals surface area contributed by atoms with Gasteiger partial charge < -0.3 is 10.6 Å². The summed E-state index contributed by atoms with van der Waals surface area (Å²) < 4.78 is 0. The number of carbonyl (C=O) groups excluding carboxylic acids is 2. The van der Waals surface area contributed by atoms with Crippen LogP contribution in [0.15, 0.2) is 30.3 Å². The molecule has 0 spiro atoms. The maximum atomic E-state index is 12.0. The Labute approximate surface area is 107 Å². The Morgan fingerprint density at radius 2 is 2.00 bits per heavy atom. The van der Waals surface area contributed by atoms with Crippen molar-refractivity contribution in [3.05, 3.63) is 35.9 Å². The number of primary amides is 1. The lowest BCUT2D eigenvalue weighted by molar-refractivity contribution is -0.130. The molecule has 1 heterocycles.